The Hall–Kier alpha value is -2.60. The number of anilines is 2. The number of carbonyl (C=O) groups excluding carboxylic acids is 1. The fraction of sp³-hybridized carbons (Fsp3) is 0.188. The van der Waals surface area contributed by atoms with Crippen LogP contribution in [0.5, 0.6) is 0 Å². The lowest BCUT2D eigenvalue weighted by molar-refractivity contribution is -0.384. The fourth-order valence-electron chi connectivity index (χ4n) is 2.59. The van der Waals surface area contributed by atoms with Gasteiger partial charge >= 0.3 is 0 Å². The molecule has 3 N–H and O–H groups in total. The molecule has 0 saturated heterocycles. The number of nitrogens with two attached hydrogens (primary N) is 1. The van der Waals surface area contributed by atoms with Gasteiger partial charge in [-0.25, -0.2) is 0 Å². The Morgan fingerprint density at radius 1 is 1.30 bits per heavy atom. The Balaban J connectivity index is 1.68. The van der Waals surface area contributed by atoms with Crippen molar-refractivity contribution in [1.82, 2.24) is 0 Å². The highest BCUT2D eigenvalue weighted by Crippen LogP contribution is 2.48. The molecule has 3 rings (SSSR count). The number of hydrogen-bond donors (Lipinski definition) is 2. The first kappa shape index (κ1) is 15.3. The van der Waals surface area contributed by atoms with Gasteiger partial charge in [-0.2, -0.15) is 0 Å². The van der Waals surface area contributed by atoms with Crippen LogP contribution >= 0.6 is 11.6 Å². The average Bonchev–Trinajstić information content (AvgIpc) is 3.29. The summed E-state index contributed by atoms with van der Waals surface area (Å²) in [6.45, 7) is 0. The highest BCUT2D eigenvalue weighted by Gasteiger charge is 2.44. The van der Waals surface area contributed by atoms with Crippen LogP contribution in [0.25, 0.3) is 0 Å². The SMILES string of the molecule is Nc1cc([N+](=O)[O-])ccc1NC(=O)C1CC1c1cccc(Cl)c1. The summed E-state index contributed by atoms with van der Waals surface area (Å²) in [4.78, 5) is 22.4. The van der Waals surface area contributed by atoms with Crippen LogP contribution in [-0.4, -0.2) is 10.8 Å². The van der Waals surface area contributed by atoms with Gasteiger partial charge in [-0.15, -0.1) is 0 Å². The van der Waals surface area contributed by atoms with Crippen LogP contribution in [-0.2, 0) is 4.79 Å². The van der Waals surface area contributed by atoms with E-state index in [1.54, 1.807) is 6.07 Å². The number of carbonyl (C=O) groups is 1. The summed E-state index contributed by atoms with van der Waals surface area (Å²) in [6.07, 6.45) is 0.749. The second-order valence-corrected chi connectivity index (χ2v) is 5.96. The van der Waals surface area contributed by atoms with Crippen molar-refractivity contribution in [3.8, 4) is 0 Å². The highest BCUT2D eigenvalue weighted by atomic mass is 35.5. The summed E-state index contributed by atoms with van der Waals surface area (Å²) in [5.41, 5.74) is 7.25. The molecule has 0 aliphatic heterocycles. The number of hydrogen-bond acceptors (Lipinski definition) is 4. The number of amides is 1. The Morgan fingerprint density at radius 2 is 2.09 bits per heavy atom. The third kappa shape index (κ3) is 3.27. The molecule has 6 nitrogen and oxygen atoms in total. The molecule has 2 aromatic carbocycles. The van der Waals surface area contributed by atoms with E-state index in [2.05, 4.69) is 5.32 Å². The molecule has 0 bridgehead atoms. The number of non-ortho nitro benzene ring substituents is 1. The molecule has 1 saturated carbocycles. The fourth-order valence-corrected chi connectivity index (χ4v) is 2.79. The van der Waals surface area contributed by atoms with Gasteiger partial charge in [-0.3, -0.25) is 14.9 Å². The molecule has 2 unspecified atom stereocenters. The summed E-state index contributed by atoms with van der Waals surface area (Å²) < 4.78 is 0. The third-order valence-corrected chi connectivity index (χ3v) is 4.14. The topological polar surface area (TPSA) is 98.3 Å². The lowest BCUT2D eigenvalue weighted by Crippen LogP contribution is -2.15. The maximum atomic E-state index is 12.3. The van der Waals surface area contributed by atoms with Crippen molar-refractivity contribution < 1.29 is 9.72 Å². The monoisotopic (exact) mass is 331 g/mol. The van der Waals surface area contributed by atoms with Gasteiger partial charge in [0.2, 0.25) is 5.91 Å². The largest absolute Gasteiger partial charge is 0.397 e. The smallest absolute Gasteiger partial charge is 0.271 e. The Kier molecular flexibility index (Phi) is 3.92. The molecule has 1 amide bonds. The number of nitrogen functional groups attached to an aromatic ring is 1. The van der Waals surface area contributed by atoms with E-state index < -0.39 is 4.92 Å². The molecule has 1 fully saturated rings. The van der Waals surface area contributed by atoms with E-state index in [0.29, 0.717) is 10.7 Å². The van der Waals surface area contributed by atoms with Gasteiger partial charge in [-0.1, -0.05) is 23.7 Å². The number of halogens is 1. The van der Waals surface area contributed by atoms with Crippen LogP contribution in [0.2, 0.25) is 5.02 Å². The standard InChI is InChI=1S/C16H14ClN3O3/c17-10-3-1-2-9(6-10)12-8-13(12)16(21)19-15-5-4-11(20(22)23)7-14(15)18/h1-7,12-13H,8,18H2,(H,19,21). The predicted octanol–water partition coefficient (Wildman–Crippen LogP) is 3.57. The molecule has 2 aromatic rings. The number of nitro groups is 1. The predicted molar refractivity (Wildman–Crippen MR) is 88.4 cm³/mol. The van der Waals surface area contributed by atoms with Gasteiger partial charge in [0.1, 0.15) is 0 Å². The Morgan fingerprint density at radius 3 is 2.74 bits per heavy atom. The summed E-state index contributed by atoms with van der Waals surface area (Å²) in [6, 6.07) is 11.5. The van der Waals surface area contributed by atoms with Crippen molar-refractivity contribution in [2.45, 2.75) is 12.3 Å². The lowest BCUT2D eigenvalue weighted by Gasteiger charge is -2.08. The number of benzene rings is 2. The van der Waals surface area contributed by atoms with Gasteiger partial charge in [0.15, 0.2) is 0 Å². The average molecular weight is 332 g/mol. The molecular formula is C16H14ClN3O3. The van der Waals surface area contributed by atoms with Crippen molar-refractivity contribution in [3.05, 3.63) is 63.2 Å². The Bertz CT molecular complexity index is 794. The van der Waals surface area contributed by atoms with Crippen molar-refractivity contribution in [2.75, 3.05) is 11.1 Å². The van der Waals surface area contributed by atoms with Crippen LogP contribution in [0.1, 0.15) is 17.9 Å². The van der Waals surface area contributed by atoms with Crippen LogP contribution in [0.15, 0.2) is 42.5 Å². The molecule has 0 aromatic heterocycles. The van der Waals surface area contributed by atoms with E-state index in [1.165, 1.54) is 18.2 Å². The van der Waals surface area contributed by atoms with Crippen LogP contribution in [0, 0.1) is 16.0 Å². The van der Waals surface area contributed by atoms with Crippen molar-refractivity contribution >= 4 is 34.6 Å². The van der Waals surface area contributed by atoms with E-state index in [-0.39, 0.29) is 29.1 Å². The molecule has 2 atom stereocenters. The number of nitrogens with zero attached hydrogens (tertiary/aromatic N) is 1. The summed E-state index contributed by atoms with van der Waals surface area (Å²) >= 11 is 5.96. The summed E-state index contributed by atoms with van der Waals surface area (Å²) in [7, 11) is 0. The minimum Gasteiger partial charge on any atom is -0.397 e. The van der Waals surface area contributed by atoms with Gasteiger partial charge in [0, 0.05) is 23.1 Å². The summed E-state index contributed by atoms with van der Waals surface area (Å²) in [5, 5.41) is 14.1. The maximum absolute atomic E-state index is 12.3. The first-order chi connectivity index (χ1) is 11.0. The number of nitrogens with one attached hydrogen (secondary N) is 1. The van der Waals surface area contributed by atoms with Crippen molar-refractivity contribution in [3.63, 3.8) is 0 Å². The quantitative estimate of drug-likeness (QED) is 0.508. The second-order valence-electron chi connectivity index (χ2n) is 5.52. The van der Waals surface area contributed by atoms with Crippen LogP contribution < -0.4 is 11.1 Å². The molecule has 23 heavy (non-hydrogen) atoms. The normalized spacial score (nSPS) is 19.2. The second kappa shape index (κ2) is 5.89. The zero-order valence-electron chi connectivity index (χ0n) is 12.0. The number of nitro benzene ring substituents is 1. The van der Waals surface area contributed by atoms with E-state index >= 15 is 0 Å². The molecule has 0 heterocycles. The Labute approximate surface area is 137 Å². The third-order valence-electron chi connectivity index (χ3n) is 3.91. The van der Waals surface area contributed by atoms with E-state index in [1.807, 2.05) is 18.2 Å². The zero-order valence-corrected chi connectivity index (χ0v) is 12.8. The summed E-state index contributed by atoms with van der Waals surface area (Å²) in [5.74, 6) is -0.133. The van der Waals surface area contributed by atoms with E-state index in [9.17, 15) is 14.9 Å². The highest BCUT2D eigenvalue weighted by molar-refractivity contribution is 6.30. The van der Waals surface area contributed by atoms with Gasteiger partial charge in [-0.05, 0) is 36.1 Å². The van der Waals surface area contributed by atoms with Gasteiger partial charge < -0.3 is 11.1 Å². The molecule has 0 spiro atoms. The lowest BCUT2D eigenvalue weighted by atomic mass is 10.1. The van der Waals surface area contributed by atoms with Crippen molar-refractivity contribution in [2.24, 2.45) is 5.92 Å². The maximum Gasteiger partial charge on any atom is 0.271 e. The first-order valence-corrected chi connectivity index (χ1v) is 7.44. The molecule has 1 aliphatic rings. The van der Waals surface area contributed by atoms with E-state index in [0.717, 1.165) is 12.0 Å². The van der Waals surface area contributed by atoms with Gasteiger partial charge in [0.25, 0.3) is 5.69 Å². The number of rotatable bonds is 4. The minimum atomic E-state index is -0.530. The molecule has 0 radical (unpaired) electrons. The van der Waals surface area contributed by atoms with E-state index in [4.69, 9.17) is 17.3 Å². The van der Waals surface area contributed by atoms with Crippen molar-refractivity contribution in [1.29, 1.82) is 0 Å². The van der Waals surface area contributed by atoms with Gasteiger partial charge in [0.05, 0.1) is 16.3 Å². The molecule has 1 aliphatic carbocycles. The zero-order chi connectivity index (χ0) is 16.6. The minimum absolute atomic E-state index is 0.108. The van der Waals surface area contributed by atoms with Crippen LogP contribution in [0.4, 0.5) is 17.1 Å². The molecule has 118 valence electrons. The van der Waals surface area contributed by atoms with Crippen LogP contribution in [0.3, 0.4) is 0 Å². The first-order valence-electron chi connectivity index (χ1n) is 7.06. The molecule has 7 heteroatoms. The molecular weight excluding hydrogens is 318 g/mol.